The monoisotopic (exact) mass is 194 g/mol. The Morgan fingerprint density at radius 2 is 1.93 bits per heavy atom. The van der Waals surface area contributed by atoms with Gasteiger partial charge in [-0.2, -0.15) is 0 Å². The smallest absolute Gasteiger partial charge is 0.166 e. The van der Waals surface area contributed by atoms with Crippen LogP contribution in [0.2, 0.25) is 0 Å². The molecule has 0 fully saturated rings. The lowest BCUT2D eigenvalue weighted by Crippen LogP contribution is -1.95. The highest BCUT2D eigenvalue weighted by molar-refractivity contribution is 5.92. The van der Waals surface area contributed by atoms with Crippen LogP contribution in [-0.2, 0) is 0 Å². The van der Waals surface area contributed by atoms with E-state index in [-0.39, 0.29) is 5.39 Å². The molecule has 1 aromatic carbocycles. The number of pyridine rings is 1. The zero-order valence-electron chi connectivity index (χ0n) is 7.51. The van der Waals surface area contributed by atoms with Crippen molar-refractivity contribution in [3.05, 3.63) is 36.0 Å². The zero-order valence-corrected chi connectivity index (χ0v) is 7.51. The third-order valence-electron chi connectivity index (χ3n) is 2.07. The van der Waals surface area contributed by atoms with Crippen molar-refractivity contribution >= 4 is 16.6 Å². The Balaban J connectivity index is 2.86. The van der Waals surface area contributed by atoms with Crippen LogP contribution in [0.15, 0.2) is 24.4 Å². The maximum atomic E-state index is 13.3. The van der Waals surface area contributed by atoms with Gasteiger partial charge in [0, 0.05) is 24.0 Å². The summed E-state index contributed by atoms with van der Waals surface area (Å²) in [4.78, 5) is 4.00. The van der Waals surface area contributed by atoms with Crippen molar-refractivity contribution in [2.45, 2.75) is 0 Å². The molecule has 0 amide bonds. The van der Waals surface area contributed by atoms with Crippen molar-refractivity contribution in [2.75, 3.05) is 12.4 Å². The van der Waals surface area contributed by atoms with E-state index in [1.54, 1.807) is 7.05 Å². The molecule has 2 rings (SSSR count). The normalized spacial score (nSPS) is 10.5. The minimum Gasteiger partial charge on any atom is -0.373 e. The van der Waals surface area contributed by atoms with Gasteiger partial charge in [-0.25, -0.2) is 13.8 Å². The molecule has 1 N–H and O–H groups in total. The Morgan fingerprint density at radius 1 is 1.14 bits per heavy atom. The molecule has 14 heavy (non-hydrogen) atoms. The van der Waals surface area contributed by atoms with E-state index in [4.69, 9.17) is 0 Å². The molecule has 0 spiro atoms. The van der Waals surface area contributed by atoms with Crippen molar-refractivity contribution in [3.63, 3.8) is 0 Å². The number of hydrogen-bond donors (Lipinski definition) is 1. The number of halogens is 2. The molecule has 72 valence electrons. The summed E-state index contributed by atoms with van der Waals surface area (Å²) in [5.74, 6) is -1.13. The second-order valence-corrected chi connectivity index (χ2v) is 2.87. The van der Waals surface area contributed by atoms with Crippen molar-refractivity contribution in [1.29, 1.82) is 0 Å². The summed E-state index contributed by atoms with van der Waals surface area (Å²) >= 11 is 0. The number of rotatable bonds is 1. The summed E-state index contributed by atoms with van der Waals surface area (Å²) in [6, 6.07) is 4.06. The lowest BCUT2D eigenvalue weighted by molar-refractivity contribution is 0.517. The molecule has 0 radical (unpaired) electrons. The van der Waals surface area contributed by atoms with Crippen molar-refractivity contribution in [1.82, 2.24) is 4.98 Å². The lowest BCUT2D eigenvalue weighted by atomic mass is 10.1. The second kappa shape index (κ2) is 3.21. The molecule has 0 saturated heterocycles. The number of aromatic nitrogens is 1. The Labute approximate surface area is 79.6 Å². The Bertz CT molecular complexity index is 483. The van der Waals surface area contributed by atoms with Gasteiger partial charge in [-0.3, -0.25) is 0 Å². The molecular weight excluding hydrogens is 186 g/mol. The average Bonchev–Trinajstić information content (AvgIpc) is 2.23. The predicted octanol–water partition coefficient (Wildman–Crippen LogP) is 2.55. The zero-order chi connectivity index (χ0) is 10.1. The van der Waals surface area contributed by atoms with Gasteiger partial charge in [-0.1, -0.05) is 0 Å². The minimum atomic E-state index is -0.842. The van der Waals surface area contributed by atoms with Gasteiger partial charge in [0.25, 0.3) is 0 Å². The van der Waals surface area contributed by atoms with E-state index in [1.807, 2.05) is 0 Å². The Hall–Kier alpha value is -1.71. The first kappa shape index (κ1) is 8.87. The van der Waals surface area contributed by atoms with Crippen LogP contribution in [0.5, 0.6) is 0 Å². The van der Waals surface area contributed by atoms with Crippen LogP contribution in [0.25, 0.3) is 10.8 Å². The van der Waals surface area contributed by atoms with Gasteiger partial charge in [-0.15, -0.1) is 0 Å². The summed E-state index contributed by atoms with van der Waals surface area (Å²) in [6.45, 7) is 0. The molecule has 0 bridgehead atoms. The third-order valence-corrected chi connectivity index (χ3v) is 2.07. The van der Waals surface area contributed by atoms with Crippen molar-refractivity contribution in [2.24, 2.45) is 0 Å². The number of nitrogens with one attached hydrogen (secondary N) is 1. The molecule has 0 aliphatic rings. The highest BCUT2D eigenvalue weighted by atomic mass is 19.2. The molecule has 1 aromatic heterocycles. The van der Waals surface area contributed by atoms with Gasteiger partial charge in [0.2, 0.25) is 0 Å². The number of nitrogens with zero attached hydrogens (tertiary/aromatic N) is 1. The number of anilines is 1. The Kier molecular flexibility index (Phi) is 2.04. The summed E-state index contributed by atoms with van der Waals surface area (Å²) in [5, 5.41) is 3.63. The quantitative estimate of drug-likeness (QED) is 0.754. The summed E-state index contributed by atoms with van der Waals surface area (Å²) in [5.41, 5.74) is 0. The number of benzene rings is 1. The Morgan fingerprint density at radius 3 is 2.64 bits per heavy atom. The largest absolute Gasteiger partial charge is 0.373 e. The maximum absolute atomic E-state index is 13.3. The number of fused-ring (bicyclic) bond motifs is 1. The highest BCUT2D eigenvalue weighted by Gasteiger charge is 2.09. The molecule has 0 aliphatic carbocycles. The highest BCUT2D eigenvalue weighted by Crippen LogP contribution is 2.24. The van der Waals surface area contributed by atoms with Crippen LogP contribution in [0.1, 0.15) is 0 Å². The van der Waals surface area contributed by atoms with Gasteiger partial charge in [0.15, 0.2) is 11.6 Å². The van der Waals surface area contributed by atoms with Crippen LogP contribution in [0, 0.1) is 11.6 Å². The van der Waals surface area contributed by atoms with Gasteiger partial charge in [-0.05, 0) is 18.2 Å². The van der Waals surface area contributed by atoms with E-state index in [9.17, 15) is 8.78 Å². The van der Waals surface area contributed by atoms with Gasteiger partial charge in [0.05, 0.1) is 0 Å². The summed E-state index contributed by atoms with van der Waals surface area (Å²) in [7, 11) is 1.68. The van der Waals surface area contributed by atoms with E-state index >= 15 is 0 Å². The molecule has 2 aromatic rings. The molecule has 2 nitrogen and oxygen atoms in total. The maximum Gasteiger partial charge on any atom is 0.166 e. The average molecular weight is 194 g/mol. The van der Waals surface area contributed by atoms with Crippen LogP contribution in [0.4, 0.5) is 14.6 Å². The van der Waals surface area contributed by atoms with Crippen LogP contribution >= 0.6 is 0 Å². The van der Waals surface area contributed by atoms with E-state index in [2.05, 4.69) is 10.3 Å². The minimum absolute atomic E-state index is 0.240. The van der Waals surface area contributed by atoms with Crippen LogP contribution in [-0.4, -0.2) is 12.0 Å². The van der Waals surface area contributed by atoms with E-state index in [0.717, 1.165) is 6.07 Å². The molecule has 0 atom stereocenters. The molecular formula is C10H8F2N2. The van der Waals surface area contributed by atoms with E-state index in [1.165, 1.54) is 18.3 Å². The lowest BCUT2D eigenvalue weighted by Gasteiger charge is -2.05. The van der Waals surface area contributed by atoms with E-state index < -0.39 is 11.6 Å². The van der Waals surface area contributed by atoms with Gasteiger partial charge in [0.1, 0.15) is 5.82 Å². The van der Waals surface area contributed by atoms with E-state index in [0.29, 0.717) is 11.2 Å². The van der Waals surface area contributed by atoms with Crippen molar-refractivity contribution in [3.8, 4) is 0 Å². The first-order valence-corrected chi connectivity index (χ1v) is 4.14. The first-order valence-electron chi connectivity index (χ1n) is 4.14. The van der Waals surface area contributed by atoms with Crippen LogP contribution in [0.3, 0.4) is 0 Å². The fourth-order valence-electron chi connectivity index (χ4n) is 1.39. The third kappa shape index (κ3) is 1.19. The standard InChI is InChI=1S/C10H8F2N2/c1-13-10-7-2-3-8(11)9(12)6(7)4-5-14-10/h2-5H,1H3,(H,13,14). The second-order valence-electron chi connectivity index (χ2n) is 2.87. The summed E-state index contributed by atoms with van der Waals surface area (Å²) in [6.07, 6.45) is 1.44. The van der Waals surface area contributed by atoms with Gasteiger partial charge < -0.3 is 5.32 Å². The van der Waals surface area contributed by atoms with Crippen LogP contribution < -0.4 is 5.32 Å². The summed E-state index contributed by atoms with van der Waals surface area (Å²) < 4.78 is 26.2. The fraction of sp³-hybridized carbons (Fsp3) is 0.100. The van der Waals surface area contributed by atoms with Gasteiger partial charge >= 0.3 is 0 Å². The molecule has 1 heterocycles. The fourth-order valence-corrected chi connectivity index (χ4v) is 1.39. The predicted molar refractivity (Wildman–Crippen MR) is 51.2 cm³/mol. The SMILES string of the molecule is CNc1nccc2c(F)c(F)ccc12. The topological polar surface area (TPSA) is 24.9 Å². The molecule has 0 aliphatic heterocycles. The van der Waals surface area contributed by atoms with Crippen molar-refractivity contribution < 1.29 is 8.78 Å². The molecule has 0 saturated carbocycles. The molecule has 4 heteroatoms. The first-order chi connectivity index (χ1) is 6.74. The number of hydrogen-bond acceptors (Lipinski definition) is 2. The molecule has 0 unspecified atom stereocenters.